The molecule has 11 nitrogen and oxygen atoms in total. The van der Waals surface area contributed by atoms with E-state index in [0.29, 0.717) is 18.8 Å². The van der Waals surface area contributed by atoms with E-state index in [-0.39, 0.29) is 55.1 Å². The predicted molar refractivity (Wildman–Crippen MR) is 157 cm³/mol. The van der Waals surface area contributed by atoms with E-state index in [1.54, 1.807) is 26.1 Å². The van der Waals surface area contributed by atoms with Crippen LogP contribution in [0.2, 0.25) is 0 Å². The monoisotopic (exact) mass is 584 g/mol. The molecule has 0 saturated heterocycles. The number of amides is 1. The predicted octanol–water partition coefficient (Wildman–Crippen LogP) is 3.36. The van der Waals surface area contributed by atoms with Crippen LogP contribution in [0.1, 0.15) is 95.1 Å². The van der Waals surface area contributed by atoms with Crippen LogP contribution < -0.4 is 10.9 Å². The third-order valence-corrected chi connectivity index (χ3v) is 7.51. The van der Waals surface area contributed by atoms with Gasteiger partial charge >= 0.3 is 5.97 Å². The lowest BCUT2D eigenvalue weighted by atomic mass is 9.96. The second-order valence-electron chi connectivity index (χ2n) is 10.6. The molecular formula is C31H44N4O7. The number of carbonyl (C=O) groups is 5. The van der Waals surface area contributed by atoms with Crippen molar-refractivity contribution in [1.29, 1.82) is 0 Å². The Labute approximate surface area is 247 Å². The molecule has 0 aromatic carbocycles. The van der Waals surface area contributed by atoms with E-state index < -0.39 is 35.4 Å². The first-order valence-electron chi connectivity index (χ1n) is 14.7. The van der Waals surface area contributed by atoms with Gasteiger partial charge in [0.1, 0.15) is 5.69 Å². The van der Waals surface area contributed by atoms with Gasteiger partial charge < -0.3 is 19.2 Å². The van der Waals surface area contributed by atoms with Crippen molar-refractivity contribution in [3.63, 3.8) is 0 Å². The Morgan fingerprint density at radius 2 is 1.74 bits per heavy atom. The molecule has 1 unspecified atom stereocenters. The number of aryl methyl sites for hydroxylation is 1. The molecule has 230 valence electrons. The molecule has 0 aliphatic heterocycles. The van der Waals surface area contributed by atoms with E-state index in [2.05, 4.69) is 24.1 Å². The lowest BCUT2D eigenvalue weighted by Gasteiger charge is -2.20. The van der Waals surface area contributed by atoms with Crippen LogP contribution >= 0.6 is 0 Å². The lowest BCUT2D eigenvalue weighted by Crippen LogP contribution is -2.43. The molecule has 42 heavy (non-hydrogen) atoms. The minimum atomic E-state index is -0.975. The summed E-state index contributed by atoms with van der Waals surface area (Å²) in [4.78, 5) is 79.8. The van der Waals surface area contributed by atoms with Gasteiger partial charge in [0.2, 0.25) is 0 Å². The highest BCUT2D eigenvalue weighted by Crippen LogP contribution is 2.15. The van der Waals surface area contributed by atoms with Gasteiger partial charge in [-0.2, -0.15) is 0 Å². The number of nitrogens with one attached hydrogen (secondary N) is 1. The Morgan fingerprint density at radius 3 is 2.33 bits per heavy atom. The zero-order valence-corrected chi connectivity index (χ0v) is 25.4. The van der Waals surface area contributed by atoms with Crippen LogP contribution in [0.3, 0.4) is 0 Å². The van der Waals surface area contributed by atoms with Crippen molar-refractivity contribution in [3.05, 3.63) is 52.5 Å². The van der Waals surface area contributed by atoms with Crippen molar-refractivity contribution < 1.29 is 28.7 Å². The quantitative estimate of drug-likeness (QED) is 0.247. The average Bonchev–Trinajstić information content (AvgIpc) is 3.39. The highest BCUT2D eigenvalue weighted by atomic mass is 16.5. The molecule has 0 radical (unpaired) electrons. The second-order valence-corrected chi connectivity index (χ2v) is 10.6. The van der Waals surface area contributed by atoms with Crippen LogP contribution in [0.5, 0.6) is 0 Å². The zero-order valence-electron chi connectivity index (χ0n) is 25.4. The highest BCUT2D eigenvalue weighted by Gasteiger charge is 2.26. The molecule has 1 N–H and O–H groups in total. The van der Waals surface area contributed by atoms with Crippen molar-refractivity contribution >= 4 is 29.2 Å². The summed E-state index contributed by atoms with van der Waals surface area (Å²) in [7, 11) is 1.65. The van der Waals surface area contributed by atoms with Crippen molar-refractivity contribution in [2.24, 2.45) is 13.0 Å². The van der Waals surface area contributed by atoms with Crippen LogP contribution in [0.25, 0.3) is 0 Å². The zero-order chi connectivity index (χ0) is 31.2. The number of nitrogens with zero attached hydrogens (tertiary/aromatic N) is 3. The number of imidazole rings is 1. The van der Waals surface area contributed by atoms with Gasteiger partial charge in [0.25, 0.3) is 11.5 Å². The summed E-state index contributed by atoms with van der Waals surface area (Å²) in [5.41, 5.74) is 0.0386. The Hall–Kier alpha value is -3.89. The third-order valence-electron chi connectivity index (χ3n) is 7.51. The number of hydrogen-bond acceptors (Lipinski definition) is 8. The van der Waals surface area contributed by atoms with Crippen molar-refractivity contribution in [2.45, 2.75) is 104 Å². The third kappa shape index (κ3) is 10.5. The number of carbonyl (C=O) groups excluding carboxylic acids is 5. The topological polar surface area (TPSA) is 146 Å². The summed E-state index contributed by atoms with van der Waals surface area (Å²) in [5.74, 6) is -1.29. The van der Waals surface area contributed by atoms with Gasteiger partial charge in [-0.3, -0.25) is 28.8 Å². The molecule has 0 aliphatic rings. The van der Waals surface area contributed by atoms with Gasteiger partial charge in [0.05, 0.1) is 25.1 Å². The van der Waals surface area contributed by atoms with Gasteiger partial charge in [0, 0.05) is 45.0 Å². The number of Topliss-reactive ketones (excluding diaryl/α,β-unsaturated/α-hetero) is 3. The fourth-order valence-electron chi connectivity index (χ4n) is 4.83. The Morgan fingerprint density at radius 1 is 1.02 bits per heavy atom. The smallest absolute Gasteiger partial charge is 0.303 e. The first-order chi connectivity index (χ1) is 20.0. The minimum absolute atomic E-state index is 0.0437. The van der Waals surface area contributed by atoms with Gasteiger partial charge in [-0.05, 0) is 37.7 Å². The molecule has 2 aromatic rings. The normalized spacial score (nSPS) is 12.5. The molecule has 2 rings (SSSR count). The number of pyridine rings is 1. The molecule has 0 fully saturated rings. The maximum Gasteiger partial charge on any atom is 0.303 e. The van der Waals surface area contributed by atoms with Gasteiger partial charge in [-0.15, -0.1) is 0 Å². The largest absolute Gasteiger partial charge is 0.455 e. The SMILES string of the molecule is CCC(=O)C(CCC[C@H](NC(=O)c1cncn1C)C(=O)Cc1cccn(CC(=O)CCC(CC)CC)c1=O)OC(C)=O. The molecule has 1 amide bonds. The van der Waals surface area contributed by atoms with Crippen LogP contribution in [-0.4, -0.2) is 55.5 Å². The molecule has 0 saturated carbocycles. The van der Waals surface area contributed by atoms with E-state index >= 15 is 0 Å². The number of ether oxygens (including phenoxy) is 1. The van der Waals surface area contributed by atoms with Crippen molar-refractivity contribution in [2.75, 3.05) is 0 Å². The molecular weight excluding hydrogens is 540 g/mol. The highest BCUT2D eigenvalue weighted by molar-refractivity contribution is 5.97. The van der Waals surface area contributed by atoms with Gasteiger partial charge in [-0.25, -0.2) is 4.98 Å². The summed E-state index contributed by atoms with van der Waals surface area (Å²) in [6.07, 6.45) is 7.20. The minimum Gasteiger partial charge on any atom is -0.455 e. The Balaban J connectivity index is 2.18. The second kappa shape index (κ2) is 17.2. The fourth-order valence-corrected chi connectivity index (χ4v) is 4.83. The van der Waals surface area contributed by atoms with Crippen molar-refractivity contribution in [3.8, 4) is 0 Å². The number of hydrogen-bond donors (Lipinski definition) is 1. The summed E-state index contributed by atoms with van der Waals surface area (Å²) < 4.78 is 7.99. The molecule has 0 spiro atoms. The first-order valence-corrected chi connectivity index (χ1v) is 14.7. The Bertz CT molecular complexity index is 1290. The molecule has 0 aliphatic carbocycles. The fraction of sp³-hybridized carbons (Fsp3) is 0.581. The number of aromatic nitrogens is 3. The molecule has 2 aromatic heterocycles. The number of rotatable bonds is 19. The maximum atomic E-state index is 13.5. The van der Waals surface area contributed by atoms with Crippen LogP contribution in [-0.2, 0) is 43.9 Å². The summed E-state index contributed by atoms with van der Waals surface area (Å²) >= 11 is 0. The molecule has 11 heteroatoms. The summed E-state index contributed by atoms with van der Waals surface area (Å²) in [6, 6.07) is 2.19. The van der Waals surface area contributed by atoms with E-state index in [1.807, 2.05) is 0 Å². The van der Waals surface area contributed by atoms with E-state index in [4.69, 9.17) is 4.74 Å². The first kappa shape index (κ1) is 34.3. The molecule has 2 atom stereocenters. The average molecular weight is 585 g/mol. The van der Waals surface area contributed by atoms with Crippen LogP contribution in [0, 0.1) is 5.92 Å². The number of esters is 1. The summed E-state index contributed by atoms with van der Waals surface area (Å²) in [5, 5.41) is 2.74. The molecule has 0 bridgehead atoms. The van der Waals surface area contributed by atoms with Crippen LogP contribution in [0.15, 0.2) is 35.6 Å². The standard InChI is InChI=1S/C31H44N4O7/c1-6-22(7-2)14-15-24(37)19-35-16-10-11-23(31(35)41)17-28(39)25(33-30(40)26-18-32-20-34(26)5)12-9-13-29(27(38)8-3)42-21(4)36/h10-11,16,18,20,22,25,29H,6-9,12-15,17,19H2,1-5H3,(H,33,40)/t25-,29?/m0/s1. The summed E-state index contributed by atoms with van der Waals surface area (Å²) in [6.45, 7) is 7.03. The molecule has 2 heterocycles. The van der Waals surface area contributed by atoms with E-state index in [9.17, 15) is 28.8 Å². The van der Waals surface area contributed by atoms with E-state index in [1.165, 1.54) is 34.8 Å². The van der Waals surface area contributed by atoms with Gasteiger partial charge in [0.15, 0.2) is 23.5 Å². The number of ketones is 3. The van der Waals surface area contributed by atoms with Crippen molar-refractivity contribution in [1.82, 2.24) is 19.4 Å². The lowest BCUT2D eigenvalue weighted by molar-refractivity contribution is -0.153. The van der Waals surface area contributed by atoms with Gasteiger partial charge in [-0.1, -0.05) is 39.7 Å². The van der Waals surface area contributed by atoms with E-state index in [0.717, 1.165) is 19.3 Å². The Kier molecular flexibility index (Phi) is 14.0. The van der Waals surface area contributed by atoms with Crippen LogP contribution in [0.4, 0.5) is 0 Å². The maximum absolute atomic E-state index is 13.5.